The average Bonchev–Trinajstić information content (AvgIpc) is 2.82. The number of benzene rings is 2. The summed E-state index contributed by atoms with van der Waals surface area (Å²) in [6.07, 6.45) is 5.46. The number of hydrogen-bond donors (Lipinski definition) is 2. The Labute approximate surface area is 185 Å². The van der Waals surface area contributed by atoms with Gasteiger partial charge >= 0.3 is 0 Å². The topological polar surface area (TPSA) is 75.3 Å². The van der Waals surface area contributed by atoms with Crippen LogP contribution in [0, 0.1) is 23.9 Å². The van der Waals surface area contributed by atoms with Crippen LogP contribution in [0.4, 0.5) is 5.69 Å². The van der Waals surface area contributed by atoms with Crippen molar-refractivity contribution in [2.75, 3.05) is 11.6 Å². The van der Waals surface area contributed by atoms with Gasteiger partial charge in [0.05, 0.1) is 21.4 Å². The van der Waals surface area contributed by atoms with E-state index < -0.39 is 15.7 Å². The van der Waals surface area contributed by atoms with Crippen LogP contribution in [0.15, 0.2) is 53.4 Å². The van der Waals surface area contributed by atoms with Crippen molar-refractivity contribution in [3.05, 3.63) is 69.7 Å². The van der Waals surface area contributed by atoms with Crippen LogP contribution in [0.1, 0.15) is 28.3 Å². The number of amides is 1. The summed E-state index contributed by atoms with van der Waals surface area (Å²) in [5.74, 6) is 5.17. The van der Waals surface area contributed by atoms with Gasteiger partial charge < -0.3 is 5.32 Å². The van der Waals surface area contributed by atoms with E-state index in [9.17, 15) is 13.2 Å². The molecular formula is C22H16Cl2N2O3S. The highest BCUT2D eigenvalue weighted by atomic mass is 35.5. The van der Waals surface area contributed by atoms with Crippen molar-refractivity contribution in [1.82, 2.24) is 5.32 Å². The molecule has 0 saturated carbocycles. The second-order valence-electron chi connectivity index (χ2n) is 6.41. The molecule has 1 amide bonds. The van der Waals surface area contributed by atoms with Crippen molar-refractivity contribution >= 4 is 44.6 Å². The van der Waals surface area contributed by atoms with Crippen molar-refractivity contribution in [3.8, 4) is 23.9 Å². The molecule has 2 N–H and O–H groups in total. The number of hydrogen-bond acceptors (Lipinski definition) is 4. The Kier molecular flexibility index (Phi) is 6.74. The molecule has 0 fully saturated rings. The first kappa shape index (κ1) is 21.8. The van der Waals surface area contributed by atoms with E-state index in [1.165, 1.54) is 18.2 Å². The standard InChI is InChI=1S/C22H16Cl2N2O3S/c1-30(28,29)17-7-8-18(21(24)14-17)22(27)26-16-6-9-20(23)19(13-16)15-5-3-2-4-11-25-12-10-15/h3,5-9,13-15,25H,2H2,1H3,(H,26,27)/t15-/m0/s1. The lowest BCUT2D eigenvalue weighted by Gasteiger charge is -2.13. The summed E-state index contributed by atoms with van der Waals surface area (Å²) in [5.41, 5.74) is 1.38. The molecule has 0 bridgehead atoms. The first-order chi connectivity index (χ1) is 14.3. The van der Waals surface area contributed by atoms with E-state index in [0.29, 0.717) is 17.1 Å². The average molecular weight is 459 g/mol. The summed E-state index contributed by atoms with van der Waals surface area (Å²) in [4.78, 5) is 12.7. The Morgan fingerprint density at radius 2 is 1.93 bits per heavy atom. The summed E-state index contributed by atoms with van der Waals surface area (Å²) < 4.78 is 23.3. The van der Waals surface area contributed by atoms with Crippen molar-refractivity contribution < 1.29 is 13.2 Å². The molecule has 0 spiro atoms. The summed E-state index contributed by atoms with van der Waals surface area (Å²) in [7, 11) is -3.42. The van der Waals surface area contributed by atoms with E-state index in [0.717, 1.165) is 11.8 Å². The van der Waals surface area contributed by atoms with Gasteiger partial charge in [0.2, 0.25) is 0 Å². The summed E-state index contributed by atoms with van der Waals surface area (Å²) in [6, 6.07) is 14.6. The molecule has 0 unspecified atom stereocenters. The van der Waals surface area contributed by atoms with E-state index in [2.05, 4.69) is 34.6 Å². The fraction of sp³-hybridized carbons (Fsp3) is 0.136. The van der Waals surface area contributed by atoms with Gasteiger partial charge in [0.15, 0.2) is 9.84 Å². The molecule has 0 aliphatic carbocycles. The van der Waals surface area contributed by atoms with Gasteiger partial charge in [-0.1, -0.05) is 47.2 Å². The van der Waals surface area contributed by atoms with Crippen LogP contribution in [0.5, 0.6) is 0 Å². The van der Waals surface area contributed by atoms with E-state index in [1.54, 1.807) is 18.2 Å². The molecule has 1 aliphatic heterocycles. The Balaban J connectivity index is 1.86. The van der Waals surface area contributed by atoms with Gasteiger partial charge in [0, 0.05) is 35.5 Å². The first-order valence-corrected chi connectivity index (χ1v) is 11.4. The van der Waals surface area contributed by atoms with Crippen molar-refractivity contribution in [2.45, 2.75) is 17.2 Å². The fourth-order valence-electron chi connectivity index (χ4n) is 2.70. The number of nitrogens with one attached hydrogen (secondary N) is 2. The molecule has 1 atom stereocenters. The number of allylic oxidation sites excluding steroid dienone is 2. The predicted molar refractivity (Wildman–Crippen MR) is 119 cm³/mol. The number of carbonyl (C=O) groups is 1. The van der Waals surface area contributed by atoms with Gasteiger partial charge in [-0.05, 0) is 42.0 Å². The molecule has 1 heterocycles. The second kappa shape index (κ2) is 9.28. The molecular weight excluding hydrogens is 443 g/mol. The maximum Gasteiger partial charge on any atom is 0.257 e. The third-order valence-electron chi connectivity index (χ3n) is 4.19. The van der Waals surface area contributed by atoms with Gasteiger partial charge in [0.1, 0.15) is 0 Å². The number of anilines is 1. The van der Waals surface area contributed by atoms with Gasteiger partial charge in [-0.15, -0.1) is 0 Å². The van der Waals surface area contributed by atoms with Crippen LogP contribution < -0.4 is 10.6 Å². The van der Waals surface area contributed by atoms with Crippen LogP contribution >= 0.6 is 23.2 Å². The van der Waals surface area contributed by atoms with Gasteiger partial charge in [-0.3, -0.25) is 10.1 Å². The van der Waals surface area contributed by atoms with Crippen molar-refractivity contribution in [1.29, 1.82) is 0 Å². The number of halogens is 2. The quantitative estimate of drug-likeness (QED) is 0.531. The van der Waals surface area contributed by atoms with E-state index in [4.69, 9.17) is 23.2 Å². The molecule has 5 nitrogen and oxygen atoms in total. The normalized spacial score (nSPS) is 15.2. The van der Waals surface area contributed by atoms with Crippen molar-refractivity contribution in [3.63, 3.8) is 0 Å². The minimum atomic E-state index is -3.42. The van der Waals surface area contributed by atoms with Crippen LogP contribution in [0.2, 0.25) is 10.0 Å². The van der Waals surface area contributed by atoms with E-state index in [-0.39, 0.29) is 21.4 Å². The second-order valence-corrected chi connectivity index (χ2v) is 9.24. The largest absolute Gasteiger partial charge is 0.322 e. The highest BCUT2D eigenvalue weighted by molar-refractivity contribution is 7.90. The molecule has 2 aromatic carbocycles. The van der Waals surface area contributed by atoms with Crippen LogP contribution in [0.3, 0.4) is 0 Å². The highest BCUT2D eigenvalue weighted by Crippen LogP contribution is 2.29. The number of carbonyl (C=O) groups excluding carboxylic acids is 1. The molecule has 0 saturated heterocycles. The van der Waals surface area contributed by atoms with Gasteiger partial charge in [-0.2, -0.15) is 0 Å². The Morgan fingerprint density at radius 1 is 1.13 bits per heavy atom. The maximum atomic E-state index is 12.7. The fourth-order valence-corrected chi connectivity index (χ4v) is 3.92. The molecule has 3 rings (SSSR count). The maximum absolute atomic E-state index is 12.7. The third kappa shape index (κ3) is 5.37. The van der Waals surface area contributed by atoms with Gasteiger partial charge in [0.25, 0.3) is 5.91 Å². The Bertz CT molecular complexity index is 1260. The lowest BCUT2D eigenvalue weighted by molar-refractivity contribution is 0.102. The lowest BCUT2D eigenvalue weighted by Crippen LogP contribution is -2.13. The first-order valence-electron chi connectivity index (χ1n) is 8.76. The predicted octanol–water partition coefficient (Wildman–Crippen LogP) is 4.20. The monoisotopic (exact) mass is 458 g/mol. The number of rotatable bonds is 4. The van der Waals surface area contributed by atoms with Crippen molar-refractivity contribution in [2.24, 2.45) is 0 Å². The molecule has 152 valence electrons. The van der Waals surface area contributed by atoms with Crippen LogP contribution in [-0.4, -0.2) is 20.6 Å². The smallest absolute Gasteiger partial charge is 0.257 e. The van der Waals surface area contributed by atoms with E-state index in [1.807, 2.05) is 12.2 Å². The minimum Gasteiger partial charge on any atom is -0.322 e. The molecule has 8 heteroatoms. The Morgan fingerprint density at radius 3 is 2.67 bits per heavy atom. The zero-order valence-electron chi connectivity index (χ0n) is 15.8. The molecule has 1 aliphatic rings. The minimum absolute atomic E-state index is 0.0424. The Hall–Kier alpha value is -2.90. The summed E-state index contributed by atoms with van der Waals surface area (Å²) in [5, 5.41) is 6.01. The molecule has 0 aromatic heterocycles. The molecule has 2 aromatic rings. The third-order valence-corrected chi connectivity index (χ3v) is 5.96. The molecule has 30 heavy (non-hydrogen) atoms. The zero-order valence-corrected chi connectivity index (χ0v) is 18.1. The van der Waals surface area contributed by atoms with Crippen LogP contribution in [-0.2, 0) is 9.84 Å². The molecule has 0 radical (unpaired) electrons. The number of sulfone groups is 1. The zero-order chi connectivity index (χ0) is 21.7. The lowest BCUT2D eigenvalue weighted by atomic mass is 9.98. The summed E-state index contributed by atoms with van der Waals surface area (Å²) in [6.45, 7) is 0. The van der Waals surface area contributed by atoms with Gasteiger partial charge in [-0.25, -0.2) is 8.42 Å². The summed E-state index contributed by atoms with van der Waals surface area (Å²) >= 11 is 12.5. The highest BCUT2D eigenvalue weighted by Gasteiger charge is 2.16. The van der Waals surface area contributed by atoms with Crippen LogP contribution in [0.25, 0.3) is 0 Å². The SMILES string of the molecule is CS(=O)(=O)c1ccc(C(=O)Nc2ccc(Cl)c([C@@H]3C#CNC#CCC=C3)c2)c(Cl)c1. The van der Waals surface area contributed by atoms with E-state index >= 15 is 0 Å².